The van der Waals surface area contributed by atoms with Crippen LogP contribution in [0.5, 0.6) is 0 Å². The zero-order valence-corrected chi connectivity index (χ0v) is 8.35. The van der Waals surface area contributed by atoms with E-state index in [1.165, 1.54) is 31.2 Å². The fourth-order valence-electron chi connectivity index (χ4n) is 1.18. The number of aryl methyl sites for hydroxylation is 2. The molecule has 0 aliphatic carbocycles. The van der Waals surface area contributed by atoms with Crippen LogP contribution in [0, 0.1) is 6.92 Å². The van der Waals surface area contributed by atoms with Crippen LogP contribution in [0.25, 0.3) is 0 Å². The Morgan fingerprint density at radius 1 is 1.45 bits per heavy atom. The predicted octanol–water partition coefficient (Wildman–Crippen LogP) is 3.15. The highest BCUT2D eigenvalue weighted by Crippen LogP contribution is 2.19. The Kier molecular flexibility index (Phi) is 3.65. The molecular weight excluding hydrogens is 153 g/mol. The summed E-state index contributed by atoms with van der Waals surface area (Å²) in [5.74, 6) is 0. The topological polar surface area (TPSA) is 12.9 Å². The number of unbranched alkanes of at least 4 members (excludes halogenated alkanes) is 2. The fourth-order valence-corrected chi connectivity index (χ4v) is 2.12. The van der Waals surface area contributed by atoms with E-state index in [9.17, 15) is 0 Å². The van der Waals surface area contributed by atoms with Crippen molar-refractivity contribution in [3.63, 3.8) is 0 Å². The standard InChI is InChI=1S/C9H16NP/c1-3-4-5-6-9-8(2)7-10-11-9/h7,11H,3-6H2,1-2H3. The molecule has 1 aromatic heterocycles. The van der Waals surface area contributed by atoms with Crippen LogP contribution in [0.2, 0.25) is 0 Å². The van der Waals surface area contributed by atoms with Crippen LogP contribution in [0.1, 0.15) is 37.0 Å². The minimum Gasteiger partial charge on any atom is -0.248 e. The molecule has 11 heavy (non-hydrogen) atoms. The lowest BCUT2D eigenvalue weighted by atomic mass is 10.1. The van der Waals surface area contributed by atoms with E-state index in [0.717, 1.165) is 8.35 Å². The summed E-state index contributed by atoms with van der Waals surface area (Å²) >= 11 is 0. The highest BCUT2D eigenvalue weighted by molar-refractivity contribution is 7.26. The summed E-state index contributed by atoms with van der Waals surface area (Å²) in [6.45, 7) is 4.42. The smallest absolute Gasteiger partial charge is 0.0342 e. The molecule has 2 heteroatoms. The van der Waals surface area contributed by atoms with E-state index in [1.807, 2.05) is 6.20 Å². The molecular formula is C9H16NP. The van der Waals surface area contributed by atoms with Gasteiger partial charge in [0.2, 0.25) is 0 Å². The first-order valence-corrected chi connectivity index (χ1v) is 5.28. The molecule has 0 radical (unpaired) electrons. The van der Waals surface area contributed by atoms with Gasteiger partial charge in [-0.15, -0.1) is 0 Å². The van der Waals surface area contributed by atoms with E-state index in [0.29, 0.717) is 0 Å². The van der Waals surface area contributed by atoms with Gasteiger partial charge in [0.25, 0.3) is 0 Å². The molecule has 0 aliphatic rings. The number of hydrogen-bond acceptors (Lipinski definition) is 1. The van der Waals surface area contributed by atoms with Crippen molar-refractivity contribution in [2.45, 2.75) is 39.5 Å². The molecule has 1 heterocycles. The first kappa shape index (κ1) is 8.80. The molecule has 0 spiro atoms. The summed E-state index contributed by atoms with van der Waals surface area (Å²) in [4.78, 5) is 0. The Morgan fingerprint density at radius 3 is 2.82 bits per heavy atom. The summed E-state index contributed by atoms with van der Waals surface area (Å²) in [5.41, 5.74) is 1.42. The summed E-state index contributed by atoms with van der Waals surface area (Å²) in [6, 6.07) is 0. The number of aromatic nitrogens is 1. The quantitative estimate of drug-likeness (QED) is 0.631. The molecule has 0 saturated carbocycles. The molecule has 0 saturated heterocycles. The van der Waals surface area contributed by atoms with Crippen molar-refractivity contribution in [1.82, 2.24) is 4.75 Å². The number of rotatable bonds is 4. The SMILES string of the molecule is CCCCCc1[pH]ncc1C. The van der Waals surface area contributed by atoms with Gasteiger partial charge >= 0.3 is 0 Å². The molecule has 1 unspecified atom stereocenters. The van der Waals surface area contributed by atoms with Gasteiger partial charge in [-0.25, -0.2) is 4.75 Å². The van der Waals surface area contributed by atoms with Crippen molar-refractivity contribution in [3.05, 3.63) is 17.1 Å². The maximum Gasteiger partial charge on any atom is 0.0342 e. The second-order valence-electron chi connectivity index (χ2n) is 2.99. The maximum absolute atomic E-state index is 4.25. The average Bonchev–Trinajstić information content (AvgIpc) is 2.37. The Balaban J connectivity index is 2.32. The third-order valence-corrected chi connectivity index (χ3v) is 3.14. The van der Waals surface area contributed by atoms with E-state index < -0.39 is 0 Å². The van der Waals surface area contributed by atoms with E-state index in [-0.39, 0.29) is 0 Å². The first-order chi connectivity index (χ1) is 5.34. The van der Waals surface area contributed by atoms with Crippen molar-refractivity contribution in [2.75, 3.05) is 0 Å². The molecule has 0 fully saturated rings. The highest BCUT2D eigenvalue weighted by atomic mass is 31.0. The molecule has 0 aliphatic heterocycles. The second kappa shape index (κ2) is 4.56. The van der Waals surface area contributed by atoms with Crippen LogP contribution in [0.4, 0.5) is 0 Å². The predicted molar refractivity (Wildman–Crippen MR) is 51.7 cm³/mol. The Bertz CT molecular complexity index is 205. The monoisotopic (exact) mass is 169 g/mol. The van der Waals surface area contributed by atoms with Gasteiger partial charge < -0.3 is 0 Å². The van der Waals surface area contributed by atoms with E-state index in [2.05, 4.69) is 18.6 Å². The van der Waals surface area contributed by atoms with Gasteiger partial charge in [0.1, 0.15) is 0 Å². The molecule has 1 nitrogen and oxygen atoms in total. The normalized spacial score (nSPS) is 11.1. The number of hydrogen-bond donors (Lipinski definition) is 0. The van der Waals surface area contributed by atoms with Crippen molar-refractivity contribution in [2.24, 2.45) is 0 Å². The van der Waals surface area contributed by atoms with Crippen molar-refractivity contribution >= 4 is 8.35 Å². The summed E-state index contributed by atoms with van der Waals surface area (Å²) in [7, 11) is 0.740. The Labute approximate surface area is 70.4 Å². The minimum atomic E-state index is 0.740. The van der Waals surface area contributed by atoms with E-state index >= 15 is 0 Å². The highest BCUT2D eigenvalue weighted by Gasteiger charge is 1.97. The van der Waals surface area contributed by atoms with Gasteiger partial charge in [0.15, 0.2) is 0 Å². The molecule has 1 aromatic rings. The zero-order chi connectivity index (χ0) is 8.10. The third kappa shape index (κ3) is 2.67. The lowest BCUT2D eigenvalue weighted by Gasteiger charge is -1.96. The number of nitrogens with zero attached hydrogens (tertiary/aromatic N) is 1. The van der Waals surface area contributed by atoms with Gasteiger partial charge in [0.05, 0.1) is 0 Å². The maximum atomic E-state index is 4.25. The fraction of sp³-hybridized carbons (Fsp3) is 0.667. The summed E-state index contributed by atoms with van der Waals surface area (Å²) in [6.07, 6.45) is 7.31. The van der Waals surface area contributed by atoms with Crippen LogP contribution in [0.15, 0.2) is 6.20 Å². The zero-order valence-electron chi connectivity index (χ0n) is 7.35. The van der Waals surface area contributed by atoms with Gasteiger partial charge in [-0.3, -0.25) is 0 Å². The van der Waals surface area contributed by atoms with Gasteiger partial charge in [-0.05, 0) is 39.0 Å². The largest absolute Gasteiger partial charge is 0.248 e. The Hall–Kier alpha value is -0.290. The molecule has 0 N–H and O–H groups in total. The minimum absolute atomic E-state index is 0.740. The third-order valence-electron chi connectivity index (χ3n) is 1.96. The van der Waals surface area contributed by atoms with Crippen molar-refractivity contribution in [1.29, 1.82) is 0 Å². The van der Waals surface area contributed by atoms with Crippen LogP contribution in [0.3, 0.4) is 0 Å². The molecule has 0 amide bonds. The van der Waals surface area contributed by atoms with Crippen LogP contribution < -0.4 is 0 Å². The van der Waals surface area contributed by atoms with Crippen LogP contribution in [-0.4, -0.2) is 4.75 Å². The van der Waals surface area contributed by atoms with Crippen molar-refractivity contribution < 1.29 is 0 Å². The van der Waals surface area contributed by atoms with Crippen LogP contribution in [-0.2, 0) is 6.42 Å². The van der Waals surface area contributed by atoms with Crippen molar-refractivity contribution in [3.8, 4) is 0 Å². The first-order valence-electron chi connectivity index (χ1n) is 4.33. The summed E-state index contributed by atoms with van der Waals surface area (Å²) < 4.78 is 4.25. The second-order valence-corrected chi connectivity index (χ2v) is 4.07. The van der Waals surface area contributed by atoms with E-state index in [1.54, 1.807) is 5.30 Å². The molecule has 0 bridgehead atoms. The summed E-state index contributed by atoms with van der Waals surface area (Å²) in [5, 5.41) is 1.58. The lowest BCUT2D eigenvalue weighted by Crippen LogP contribution is -1.82. The average molecular weight is 169 g/mol. The van der Waals surface area contributed by atoms with E-state index in [4.69, 9.17) is 0 Å². The van der Waals surface area contributed by atoms with Gasteiger partial charge in [-0.1, -0.05) is 19.8 Å². The molecule has 1 atom stereocenters. The Morgan fingerprint density at radius 2 is 2.27 bits per heavy atom. The molecule has 62 valence electrons. The molecule has 0 aromatic carbocycles. The van der Waals surface area contributed by atoms with Crippen LogP contribution >= 0.6 is 8.35 Å². The molecule has 1 rings (SSSR count). The van der Waals surface area contributed by atoms with Gasteiger partial charge in [-0.2, -0.15) is 0 Å². The van der Waals surface area contributed by atoms with Gasteiger partial charge in [0, 0.05) is 6.20 Å². The lowest BCUT2D eigenvalue weighted by molar-refractivity contribution is 0.721.